The minimum absolute atomic E-state index is 0.225. The summed E-state index contributed by atoms with van der Waals surface area (Å²) in [6.07, 6.45) is 1.17. The molecule has 0 aliphatic carbocycles. The van der Waals surface area contributed by atoms with Gasteiger partial charge in [-0.15, -0.1) is 0 Å². The summed E-state index contributed by atoms with van der Waals surface area (Å²) in [5.74, 6) is 0.577. The summed E-state index contributed by atoms with van der Waals surface area (Å²) in [6, 6.07) is 9.82. The summed E-state index contributed by atoms with van der Waals surface area (Å²) in [4.78, 5) is 14.0. The molecule has 3 nitrogen and oxygen atoms in total. The lowest BCUT2D eigenvalue weighted by atomic mass is 9.96. The molecule has 2 rings (SSSR count). The van der Waals surface area contributed by atoms with Crippen LogP contribution in [0.3, 0.4) is 0 Å². The second kappa shape index (κ2) is 6.12. The fourth-order valence-corrected chi connectivity index (χ4v) is 2.39. The molecule has 18 heavy (non-hydrogen) atoms. The molecular weight excluding hydrogens is 226 g/mol. The van der Waals surface area contributed by atoms with Crippen molar-refractivity contribution in [3.63, 3.8) is 0 Å². The van der Waals surface area contributed by atoms with Crippen molar-refractivity contribution >= 4 is 5.78 Å². The molecule has 2 atom stereocenters. The van der Waals surface area contributed by atoms with Crippen molar-refractivity contribution in [1.82, 2.24) is 4.90 Å². The van der Waals surface area contributed by atoms with Crippen LogP contribution in [0.5, 0.6) is 0 Å². The summed E-state index contributed by atoms with van der Waals surface area (Å²) in [7, 11) is 0. The van der Waals surface area contributed by atoms with Gasteiger partial charge in [-0.25, -0.2) is 0 Å². The molecule has 1 aliphatic rings. The van der Waals surface area contributed by atoms with E-state index in [0.29, 0.717) is 25.4 Å². The van der Waals surface area contributed by atoms with E-state index in [-0.39, 0.29) is 11.9 Å². The Balaban J connectivity index is 1.81. The third-order valence-corrected chi connectivity index (χ3v) is 3.65. The van der Waals surface area contributed by atoms with Crippen LogP contribution in [0.2, 0.25) is 0 Å². The number of hydrogen-bond acceptors (Lipinski definition) is 3. The van der Waals surface area contributed by atoms with Crippen molar-refractivity contribution < 1.29 is 9.90 Å². The molecule has 0 amide bonds. The third-order valence-electron chi connectivity index (χ3n) is 3.65. The lowest BCUT2D eigenvalue weighted by molar-refractivity contribution is -0.120. The molecule has 1 fully saturated rings. The van der Waals surface area contributed by atoms with Crippen LogP contribution in [0.25, 0.3) is 0 Å². The molecule has 0 bridgehead atoms. The third kappa shape index (κ3) is 3.65. The molecule has 1 heterocycles. The average molecular weight is 247 g/mol. The molecule has 1 N–H and O–H groups in total. The first-order valence-corrected chi connectivity index (χ1v) is 6.61. The number of β-amino-alcohol motifs (C(OH)–C–C–N with tert-alkyl or cyclic N) is 1. The van der Waals surface area contributed by atoms with Gasteiger partial charge in [0.1, 0.15) is 0 Å². The quantitative estimate of drug-likeness (QED) is 0.876. The molecule has 2 unspecified atom stereocenters. The summed E-state index contributed by atoms with van der Waals surface area (Å²) >= 11 is 0. The zero-order valence-corrected chi connectivity index (χ0v) is 10.9. The number of carbonyl (C=O) groups excluding carboxylic acids is 1. The molecule has 0 saturated carbocycles. The molecule has 0 aromatic heterocycles. The fourth-order valence-electron chi connectivity index (χ4n) is 2.39. The molecule has 0 radical (unpaired) electrons. The number of rotatable bonds is 4. The maximum atomic E-state index is 11.9. The highest BCUT2D eigenvalue weighted by atomic mass is 16.3. The topological polar surface area (TPSA) is 40.5 Å². The maximum Gasteiger partial charge on any atom is 0.151 e. The number of carbonyl (C=O) groups is 1. The molecule has 3 heteroatoms. The van der Waals surface area contributed by atoms with E-state index in [4.69, 9.17) is 0 Å². The predicted octanol–water partition coefficient (Wildman–Crippen LogP) is 1.50. The van der Waals surface area contributed by atoms with Gasteiger partial charge < -0.3 is 5.11 Å². The first-order chi connectivity index (χ1) is 8.65. The summed E-state index contributed by atoms with van der Waals surface area (Å²) in [5.41, 5.74) is 1.06. The number of Topliss-reactive ketones (excluding diaryl/α,β-unsaturated/α-hetero) is 1. The van der Waals surface area contributed by atoms with Gasteiger partial charge >= 0.3 is 0 Å². The normalized spacial score (nSPS) is 25.0. The van der Waals surface area contributed by atoms with Crippen LogP contribution >= 0.6 is 0 Å². The molecule has 1 aromatic carbocycles. The Morgan fingerprint density at radius 2 is 2.11 bits per heavy atom. The minimum Gasteiger partial charge on any atom is -0.392 e. The van der Waals surface area contributed by atoms with Crippen molar-refractivity contribution in [1.29, 1.82) is 0 Å². The van der Waals surface area contributed by atoms with Gasteiger partial charge in [0.2, 0.25) is 0 Å². The van der Waals surface area contributed by atoms with Crippen LogP contribution < -0.4 is 0 Å². The summed E-state index contributed by atoms with van der Waals surface area (Å²) in [6.45, 7) is 4.06. The highest BCUT2D eigenvalue weighted by Crippen LogP contribution is 2.16. The van der Waals surface area contributed by atoms with E-state index in [2.05, 4.69) is 11.8 Å². The fraction of sp³-hybridized carbons (Fsp3) is 0.533. The van der Waals surface area contributed by atoms with Gasteiger partial charge in [0.25, 0.3) is 0 Å². The summed E-state index contributed by atoms with van der Waals surface area (Å²) in [5, 5.41) is 9.80. The zero-order chi connectivity index (χ0) is 13.0. The lowest BCUT2D eigenvalue weighted by Crippen LogP contribution is -2.45. The van der Waals surface area contributed by atoms with Crippen molar-refractivity contribution in [3.05, 3.63) is 35.9 Å². The number of piperidine rings is 1. The van der Waals surface area contributed by atoms with Crippen molar-refractivity contribution in [2.45, 2.75) is 25.9 Å². The number of nitrogens with zero attached hydrogens (tertiary/aromatic N) is 1. The number of aliphatic hydroxyl groups is 1. The van der Waals surface area contributed by atoms with Crippen LogP contribution in [-0.4, -0.2) is 41.5 Å². The van der Waals surface area contributed by atoms with Gasteiger partial charge in [-0.05, 0) is 24.4 Å². The first kappa shape index (κ1) is 13.2. The van der Waals surface area contributed by atoms with E-state index < -0.39 is 0 Å². The molecular formula is C15H21NO2. The maximum absolute atomic E-state index is 11.9. The van der Waals surface area contributed by atoms with E-state index in [1.165, 1.54) is 0 Å². The van der Waals surface area contributed by atoms with Gasteiger partial charge in [-0.3, -0.25) is 9.69 Å². The SMILES string of the molecule is CC1CCN(CC(=O)Cc2ccccc2)CC1O. The van der Waals surface area contributed by atoms with Gasteiger partial charge in [-0.1, -0.05) is 37.3 Å². The number of ketones is 1. The average Bonchev–Trinajstić information content (AvgIpc) is 2.35. The number of likely N-dealkylation sites (tertiary alicyclic amines) is 1. The van der Waals surface area contributed by atoms with E-state index >= 15 is 0 Å². The second-order valence-electron chi connectivity index (χ2n) is 5.27. The Kier molecular flexibility index (Phi) is 4.50. The van der Waals surface area contributed by atoms with Gasteiger partial charge in [0.05, 0.1) is 12.6 Å². The molecule has 0 spiro atoms. The first-order valence-electron chi connectivity index (χ1n) is 6.61. The predicted molar refractivity (Wildman–Crippen MR) is 71.4 cm³/mol. The van der Waals surface area contributed by atoms with E-state index in [1.807, 2.05) is 30.3 Å². The van der Waals surface area contributed by atoms with E-state index in [9.17, 15) is 9.90 Å². The second-order valence-corrected chi connectivity index (χ2v) is 5.27. The van der Waals surface area contributed by atoms with Crippen LogP contribution in [0.1, 0.15) is 18.9 Å². The standard InChI is InChI=1S/C15H21NO2/c1-12-7-8-16(11-15(12)18)10-14(17)9-13-5-3-2-4-6-13/h2-6,12,15,18H,7-11H2,1H3. The summed E-state index contributed by atoms with van der Waals surface area (Å²) < 4.78 is 0. The lowest BCUT2D eigenvalue weighted by Gasteiger charge is -2.33. The number of hydrogen-bond donors (Lipinski definition) is 1. The zero-order valence-electron chi connectivity index (χ0n) is 10.9. The minimum atomic E-state index is -0.289. The largest absolute Gasteiger partial charge is 0.392 e. The molecule has 1 aromatic rings. The van der Waals surface area contributed by atoms with Gasteiger partial charge in [0, 0.05) is 13.0 Å². The van der Waals surface area contributed by atoms with Crippen LogP contribution in [-0.2, 0) is 11.2 Å². The van der Waals surface area contributed by atoms with Crippen LogP contribution in [0, 0.1) is 5.92 Å². The van der Waals surface area contributed by atoms with Crippen LogP contribution in [0.4, 0.5) is 0 Å². The Morgan fingerprint density at radius 3 is 2.78 bits per heavy atom. The van der Waals surface area contributed by atoms with E-state index in [0.717, 1.165) is 18.5 Å². The van der Waals surface area contributed by atoms with E-state index in [1.54, 1.807) is 0 Å². The van der Waals surface area contributed by atoms with Gasteiger partial charge in [0.15, 0.2) is 5.78 Å². The number of benzene rings is 1. The van der Waals surface area contributed by atoms with Gasteiger partial charge in [-0.2, -0.15) is 0 Å². The Morgan fingerprint density at radius 1 is 1.39 bits per heavy atom. The molecule has 1 saturated heterocycles. The van der Waals surface area contributed by atoms with Crippen molar-refractivity contribution in [2.75, 3.05) is 19.6 Å². The number of aliphatic hydroxyl groups excluding tert-OH is 1. The highest BCUT2D eigenvalue weighted by molar-refractivity contribution is 5.82. The van der Waals surface area contributed by atoms with Crippen molar-refractivity contribution in [2.24, 2.45) is 5.92 Å². The Bertz CT molecular complexity index is 391. The highest BCUT2D eigenvalue weighted by Gasteiger charge is 2.25. The molecule has 98 valence electrons. The Hall–Kier alpha value is -1.19. The van der Waals surface area contributed by atoms with Crippen LogP contribution in [0.15, 0.2) is 30.3 Å². The monoisotopic (exact) mass is 247 g/mol. The molecule has 1 aliphatic heterocycles. The smallest absolute Gasteiger partial charge is 0.151 e. The Labute approximate surface area is 108 Å². The van der Waals surface area contributed by atoms with Crippen molar-refractivity contribution in [3.8, 4) is 0 Å².